The van der Waals surface area contributed by atoms with Crippen molar-refractivity contribution >= 4 is 11.6 Å². The summed E-state index contributed by atoms with van der Waals surface area (Å²) < 4.78 is 54.2. The maximum absolute atomic E-state index is 12.7. The van der Waals surface area contributed by atoms with Crippen LogP contribution in [0.3, 0.4) is 0 Å². The van der Waals surface area contributed by atoms with Crippen molar-refractivity contribution in [2.24, 2.45) is 5.84 Å². The molecule has 1 heterocycles. The van der Waals surface area contributed by atoms with E-state index in [-0.39, 0.29) is 24.1 Å². The van der Waals surface area contributed by atoms with Crippen LogP contribution in [-0.2, 0) is 11.3 Å². The Kier molecular flexibility index (Phi) is 5.24. The van der Waals surface area contributed by atoms with E-state index in [1.807, 2.05) is 0 Å². The highest BCUT2D eigenvalue weighted by Gasteiger charge is 2.40. The lowest BCUT2D eigenvalue weighted by Crippen LogP contribution is -2.35. The van der Waals surface area contributed by atoms with E-state index in [1.54, 1.807) is 0 Å². The first-order valence-corrected chi connectivity index (χ1v) is 5.12. The summed E-state index contributed by atoms with van der Waals surface area (Å²) in [6, 6.07) is 1.21. The van der Waals surface area contributed by atoms with Crippen LogP contribution < -0.4 is 16.6 Å². The molecule has 1 rings (SSSR count). The first-order chi connectivity index (χ1) is 8.89. The van der Waals surface area contributed by atoms with Crippen LogP contribution in [0.5, 0.6) is 0 Å². The number of nitrogens with one attached hydrogen (secondary N) is 2. The molecule has 0 aliphatic heterocycles. The van der Waals surface area contributed by atoms with Crippen LogP contribution >= 0.6 is 0 Å². The number of alkyl halides is 4. The van der Waals surface area contributed by atoms with Gasteiger partial charge in [0.15, 0.2) is 5.82 Å². The Morgan fingerprint density at radius 3 is 2.53 bits per heavy atom. The van der Waals surface area contributed by atoms with Gasteiger partial charge in [0.25, 0.3) is 0 Å². The Morgan fingerprint density at radius 1 is 1.37 bits per heavy atom. The lowest BCUT2D eigenvalue weighted by molar-refractivity contribution is -0.117. The van der Waals surface area contributed by atoms with Crippen molar-refractivity contribution < 1.29 is 22.3 Å². The lowest BCUT2D eigenvalue weighted by atomic mass is 10.3. The van der Waals surface area contributed by atoms with Gasteiger partial charge >= 0.3 is 12.3 Å². The van der Waals surface area contributed by atoms with Crippen molar-refractivity contribution in [2.75, 3.05) is 24.4 Å². The Morgan fingerprint density at radius 2 is 2.00 bits per heavy atom. The van der Waals surface area contributed by atoms with Gasteiger partial charge in [-0.05, 0) is 0 Å². The van der Waals surface area contributed by atoms with Gasteiger partial charge in [0.1, 0.15) is 18.2 Å². The molecule has 0 saturated heterocycles. The van der Waals surface area contributed by atoms with Gasteiger partial charge < -0.3 is 15.5 Å². The van der Waals surface area contributed by atoms with Crippen molar-refractivity contribution in [1.82, 2.24) is 9.97 Å². The molecule has 10 heteroatoms. The van der Waals surface area contributed by atoms with E-state index in [4.69, 9.17) is 10.6 Å². The topological polar surface area (TPSA) is 85.1 Å². The third kappa shape index (κ3) is 4.48. The number of methoxy groups -OCH3 is 1. The quantitative estimate of drug-likeness (QED) is 0.396. The number of hydrogen-bond donors (Lipinski definition) is 3. The van der Waals surface area contributed by atoms with Gasteiger partial charge in [0.05, 0.1) is 6.54 Å². The smallest absolute Gasteiger partial charge is 0.324 e. The minimum Gasteiger partial charge on any atom is -0.377 e. The number of nitrogen functional groups attached to an aromatic ring is 1. The number of nitrogens with two attached hydrogens (primary N) is 1. The molecule has 0 aliphatic carbocycles. The van der Waals surface area contributed by atoms with Gasteiger partial charge in [0.2, 0.25) is 0 Å². The second-order valence-electron chi connectivity index (χ2n) is 3.55. The summed E-state index contributed by atoms with van der Waals surface area (Å²) in [6.07, 6.45) is -3.76. The minimum absolute atomic E-state index is 0.0233. The summed E-state index contributed by atoms with van der Waals surface area (Å²) in [5, 5.41) is 2.11. The molecular formula is C9H13F4N5O. The summed E-state index contributed by atoms with van der Waals surface area (Å²) in [6.45, 7) is -1.23. The zero-order chi connectivity index (χ0) is 14.5. The first-order valence-electron chi connectivity index (χ1n) is 5.12. The van der Waals surface area contributed by atoms with E-state index in [9.17, 15) is 17.6 Å². The van der Waals surface area contributed by atoms with Gasteiger partial charge in [-0.2, -0.15) is 8.78 Å². The number of hydrazine groups is 1. The molecule has 19 heavy (non-hydrogen) atoms. The summed E-state index contributed by atoms with van der Waals surface area (Å²) in [4.78, 5) is 7.69. The van der Waals surface area contributed by atoms with Crippen molar-refractivity contribution in [3.8, 4) is 0 Å². The van der Waals surface area contributed by atoms with Crippen LogP contribution in [0.1, 0.15) is 5.82 Å². The normalized spacial score (nSPS) is 11.7. The first kappa shape index (κ1) is 15.4. The van der Waals surface area contributed by atoms with Crippen LogP contribution in [0, 0.1) is 0 Å². The minimum atomic E-state index is -4.15. The second kappa shape index (κ2) is 6.48. The number of rotatable bonds is 7. The monoisotopic (exact) mass is 283 g/mol. The van der Waals surface area contributed by atoms with Gasteiger partial charge in [0, 0.05) is 13.2 Å². The van der Waals surface area contributed by atoms with Crippen molar-refractivity contribution in [1.29, 1.82) is 0 Å². The fraction of sp³-hybridized carbons (Fsp3) is 0.556. The predicted molar refractivity (Wildman–Crippen MR) is 60.0 cm³/mol. The number of anilines is 2. The Hall–Kier alpha value is -1.68. The molecule has 0 aliphatic rings. The molecule has 0 atom stereocenters. The highest BCUT2D eigenvalue weighted by molar-refractivity contribution is 5.46. The Bertz CT molecular complexity index is 418. The zero-order valence-corrected chi connectivity index (χ0v) is 9.96. The fourth-order valence-corrected chi connectivity index (χ4v) is 1.14. The Labute approximate surface area is 106 Å². The number of ether oxygens (including phenoxy) is 1. The molecule has 4 N–H and O–H groups in total. The molecule has 0 amide bonds. The molecular weight excluding hydrogens is 270 g/mol. The van der Waals surface area contributed by atoms with Crippen LogP contribution in [0.2, 0.25) is 0 Å². The number of aromatic nitrogens is 2. The lowest BCUT2D eigenvalue weighted by Gasteiger charge is -2.16. The van der Waals surface area contributed by atoms with Crippen molar-refractivity contribution in [2.45, 2.75) is 19.0 Å². The molecule has 0 aromatic carbocycles. The maximum atomic E-state index is 12.7. The van der Waals surface area contributed by atoms with Crippen molar-refractivity contribution in [3.63, 3.8) is 0 Å². The van der Waals surface area contributed by atoms with E-state index >= 15 is 0 Å². The van der Waals surface area contributed by atoms with Crippen molar-refractivity contribution in [3.05, 3.63) is 11.9 Å². The predicted octanol–water partition coefficient (Wildman–Crippen LogP) is 1.22. The van der Waals surface area contributed by atoms with E-state index in [0.29, 0.717) is 0 Å². The zero-order valence-electron chi connectivity index (χ0n) is 9.96. The molecule has 6 nitrogen and oxygen atoms in total. The van der Waals surface area contributed by atoms with E-state index in [0.717, 1.165) is 0 Å². The molecule has 0 fully saturated rings. The largest absolute Gasteiger partial charge is 0.377 e. The number of halogens is 4. The van der Waals surface area contributed by atoms with Gasteiger partial charge in [-0.25, -0.2) is 24.6 Å². The van der Waals surface area contributed by atoms with Crippen LogP contribution in [0.4, 0.5) is 29.2 Å². The molecule has 1 aromatic rings. The third-order valence-corrected chi connectivity index (χ3v) is 2.02. The van der Waals surface area contributed by atoms with Gasteiger partial charge in [-0.3, -0.25) is 0 Å². The SMILES string of the molecule is COCc1nc(NN)cc(NCC(F)(F)C(F)F)n1. The van der Waals surface area contributed by atoms with E-state index in [1.165, 1.54) is 13.2 Å². The molecule has 1 aromatic heterocycles. The standard InChI is InChI=1S/C9H13F4N5O/c1-19-3-7-16-5(2-6(17-7)18-14)15-4-9(12,13)8(10)11/h2,8H,3-4,14H2,1H3,(H2,15,16,17,18). The van der Waals surface area contributed by atoms with Gasteiger partial charge in [-0.1, -0.05) is 0 Å². The molecule has 0 bridgehead atoms. The molecule has 0 spiro atoms. The van der Waals surface area contributed by atoms with Crippen LogP contribution in [-0.4, -0.2) is 36.0 Å². The molecule has 0 saturated carbocycles. The highest BCUT2D eigenvalue weighted by Crippen LogP contribution is 2.23. The number of hydrogen-bond acceptors (Lipinski definition) is 6. The number of nitrogens with zero attached hydrogens (tertiary/aromatic N) is 2. The molecule has 108 valence electrons. The molecule has 0 unspecified atom stereocenters. The average Bonchev–Trinajstić information content (AvgIpc) is 2.36. The van der Waals surface area contributed by atoms with E-state index < -0.39 is 18.9 Å². The Balaban J connectivity index is 2.80. The summed E-state index contributed by atoms with van der Waals surface area (Å²) in [5.41, 5.74) is 2.20. The summed E-state index contributed by atoms with van der Waals surface area (Å²) in [5.74, 6) is 1.24. The van der Waals surface area contributed by atoms with Gasteiger partial charge in [-0.15, -0.1) is 0 Å². The average molecular weight is 283 g/mol. The van der Waals surface area contributed by atoms with Crippen LogP contribution in [0.25, 0.3) is 0 Å². The molecule has 0 radical (unpaired) electrons. The maximum Gasteiger partial charge on any atom is 0.324 e. The summed E-state index contributed by atoms with van der Waals surface area (Å²) >= 11 is 0. The third-order valence-electron chi connectivity index (χ3n) is 2.02. The van der Waals surface area contributed by atoms with E-state index in [2.05, 4.69) is 20.7 Å². The summed E-state index contributed by atoms with van der Waals surface area (Å²) in [7, 11) is 1.39. The van der Waals surface area contributed by atoms with Crippen LogP contribution in [0.15, 0.2) is 6.07 Å². The fourth-order valence-electron chi connectivity index (χ4n) is 1.14. The second-order valence-corrected chi connectivity index (χ2v) is 3.55. The highest BCUT2D eigenvalue weighted by atomic mass is 19.3.